The highest BCUT2D eigenvalue weighted by Gasteiger charge is 2.32. The van der Waals surface area contributed by atoms with Crippen LogP contribution in [0.25, 0.3) is 0 Å². The van der Waals surface area contributed by atoms with Gasteiger partial charge in [-0.05, 0) is 13.0 Å². The van der Waals surface area contributed by atoms with Crippen molar-refractivity contribution in [2.75, 3.05) is 26.7 Å². The van der Waals surface area contributed by atoms with Gasteiger partial charge in [-0.15, -0.1) is 0 Å². The van der Waals surface area contributed by atoms with Crippen molar-refractivity contribution in [2.45, 2.75) is 13.0 Å². The minimum atomic E-state index is -0.543. The molecule has 1 atom stereocenters. The Morgan fingerprint density at radius 1 is 1.42 bits per heavy atom. The Morgan fingerprint density at radius 2 is 2.19 bits per heavy atom. The fourth-order valence-corrected chi connectivity index (χ4v) is 3.16. The molecule has 136 valence electrons. The number of amides is 1. The molecule has 1 saturated heterocycles. The summed E-state index contributed by atoms with van der Waals surface area (Å²) < 4.78 is 5.44. The summed E-state index contributed by atoms with van der Waals surface area (Å²) >= 11 is 0. The first kappa shape index (κ1) is 17.8. The van der Waals surface area contributed by atoms with Crippen LogP contribution in [0.5, 0.6) is 5.75 Å². The van der Waals surface area contributed by atoms with Gasteiger partial charge < -0.3 is 15.0 Å². The number of pyridine rings is 1. The summed E-state index contributed by atoms with van der Waals surface area (Å²) in [6, 6.07) is 8.62. The number of nitrogens with zero attached hydrogens (tertiary/aromatic N) is 3. The first-order valence-corrected chi connectivity index (χ1v) is 8.28. The van der Waals surface area contributed by atoms with Crippen LogP contribution in [0.4, 0.5) is 5.69 Å². The lowest BCUT2D eigenvalue weighted by atomic mass is 10.0. The van der Waals surface area contributed by atoms with Gasteiger partial charge in [-0.1, -0.05) is 18.2 Å². The summed E-state index contributed by atoms with van der Waals surface area (Å²) in [4.78, 5) is 29.4. The number of nitrogens with one attached hydrogen (secondary N) is 1. The fourth-order valence-electron chi connectivity index (χ4n) is 3.16. The van der Waals surface area contributed by atoms with Gasteiger partial charge in [-0.3, -0.25) is 19.9 Å². The zero-order valence-electron chi connectivity index (χ0n) is 14.6. The van der Waals surface area contributed by atoms with Crippen LogP contribution in [0.3, 0.4) is 0 Å². The Bertz CT molecular complexity index is 840. The molecular formula is C18H20N4O4. The van der Waals surface area contributed by atoms with Crippen molar-refractivity contribution in [1.29, 1.82) is 0 Å². The van der Waals surface area contributed by atoms with E-state index in [4.69, 9.17) is 4.74 Å². The minimum Gasteiger partial charge on any atom is -0.496 e. The lowest BCUT2D eigenvalue weighted by molar-refractivity contribution is -0.385. The zero-order chi connectivity index (χ0) is 18.7. The number of hydrogen-bond acceptors (Lipinski definition) is 6. The molecular weight excluding hydrogens is 336 g/mol. The Balaban J connectivity index is 1.99. The van der Waals surface area contributed by atoms with E-state index < -0.39 is 4.92 Å². The first-order valence-electron chi connectivity index (χ1n) is 8.28. The maximum absolute atomic E-state index is 13.2. The number of carbonyl (C=O) groups is 1. The molecule has 2 aromatic rings. The number of carbonyl (C=O) groups excluding carboxylic acids is 1. The van der Waals surface area contributed by atoms with Crippen LogP contribution in [-0.2, 0) is 0 Å². The van der Waals surface area contributed by atoms with Gasteiger partial charge in [-0.25, -0.2) is 0 Å². The summed E-state index contributed by atoms with van der Waals surface area (Å²) in [5.74, 6) is 0.434. The largest absolute Gasteiger partial charge is 0.496 e. The highest BCUT2D eigenvalue weighted by atomic mass is 16.6. The van der Waals surface area contributed by atoms with Crippen LogP contribution in [0.15, 0.2) is 36.5 Å². The number of benzene rings is 1. The number of ether oxygens (including phenoxy) is 1. The van der Waals surface area contributed by atoms with Crippen LogP contribution >= 0.6 is 0 Å². The molecule has 8 heteroatoms. The molecule has 0 saturated carbocycles. The normalized spacial score (nSPS) is 17.0. The zero-order valence-corrected chi connectivity index (χ0v) is 14.6. The quantitative estimate of drug-likeness (QED) is 0.665. The van der Waals surface area contributed by atoms with Gasteiger partial charge in [0.15, 0.2) is 0 Å². The maximum atomic E-state index is 13.2. The SMILES string of the molecule is COc1ccccc1C1CNCCN1C(=O)c1cc([N+](=O)[O-])cnc1C. The molecule has 1 unspecified atom stereocenters. The number of hydrogen-bond donors (Lipinski definition) is 1. The average molecular weight is 356 g/mol. The lowest BCUT2D eigenvalue weighted by Gasteiger charge is -2.37. The lowest BCUT2D eigenvalue weighted by Crippen LogP contribution is -2.49. The summed E-state index contributed by atoms with van der Waals surface area (Å²) in [6.45, 7) is 3.40. The molecule has 0 radical (unpaired) electrons. The van der Waals surface area contributed by atoms with E-state index in [0.717, 1.165) is 5.56 Å². The Kier molecular flexibility index (Phi) is 5.13. The summed E-state index contributed by atoms with van der Waals surface area (Å²) in [6.07, 6.45) is 1.17. The summed E-state index contributed by atoms with van der Waals surface area (Å²) in [5.41, 5.74) is 1.42. The molecule has 0 bridgehead atoms. The van der Waals surface area contributed by atoms with E-state index in [2.05, 4.69) is 10.3 Å². The number of aromatic nitrogens is 1. The molecule has 1 amide bonds. The predicted molar refractivity (Wildman–Crippen MR) is 95.3 cm³/mol. The van der Waals surface area contributed by atoms with Crippen LogP contribution in [0, 0.1) is 17.0 Å². The molecule has 3 rings (SSSR count). The second-order valence-corrected chi connectivity index (χ2v) is 6.04. The van der Waals surface area contributed by atoms with Crippen LogP contribution in [0.2, 0.25) is 0 Å². The number of rotatable bonds is 4. The van der Waals surface area contributed by atoms with E-state index in [1.807, 2.05) is 24.3 Å². The molecule has 26 heavy (non-hydrogen) atoms. The average Bonchev–Trinajstić information content (AvgIpc) is 2.67. The molecule has 1 aliphatic heterocycles. The third kappa shape index (κ3) is 3.36. The third-order valence-electron chi connectivity index (χ3n) is 4.52. The van der Waals surface area contributed by atoms with Crippen LogP contribution in [-0.4, -0.2) is 47.5 Å². The van der Waals surface area contributed by atoms with Crippen LogP contribution < -0.4 is 10.1 Å². The van der Waals surface area contributed by atoms with Crippen molar-refractivity contribution in [1.82, 2.24) is 15.2 Å². The smallest absolute Gasteiger partial charge is 0.288 e. The van der Waals surface area contributed by atoms with Gasteiger partial charge in [0, 0.05) is 31.3 Å². The third-order valence-corrected chi connectivity index (χ3v) is 4.52. The van der Waals surface area contributed by atoms with Gasteiger partial charge in [0.1, 0.15) is 11.9 Å². The summed E-state index contributed by atoms with van der Waals surface area (Å²) in [5, 5.41) is 14.3. The second-order valence-electron chi connectivity index (χ2n) is 6.04. The molecule has 8 nitrogen and oxygen atoms in total. The van der Waals surface area contributed by atoms with Gasteiger partial charge in [0.2, 0.25) is 0 Å². The van der Waals surface area contributed by atoms with E-state index >= 15 is 0 Å². The van der Waals surface area contributed by atoms with Crippen molar-refractivity contribution >= 4 is 11.6 Å². The maximum Gasteiger partial charge on any atom is 0.288 e. The molecule has 1 aliphatic rings. The van der Waals surface area contributed by atoms with Crippen LogP contribution in [0.1, 0.15) is 27.7 Å². The standard InChI is InChI=1S/C18H20N4O4/c1-12-15(9-13(10-20-12)22(24)25)18(23)21-8-7-19-11-16(21)14-5-3-4-6-17(14)26-2/h3-6,9-10,16,19H,7-8,11H2,1-2H3. The highest BCUT2D eigenvalue weighted by molar-refractivity contribution is 5.96. The van der Waals surface area contributed by atoms with Crippen molar-refractivity contribution < 1.29 is 14.5 Å². The fraction of sp³-hybridized carbons (Fsp3) is 0.333. The number of methoxy groups -OCH3 is 1. The number of aryl methyl sites for hydroxylation is 1. The predicted octanol–water partition coefficient (Wildman–Crippen LogP) is 2.09. The molecule has 0 spiro atoms. The van der Waals surface area contributed by atoms with Gasteiger partial charge >= 0.3 is 0 Å². The van der Waals surface area contributed by atoms with Gasteiger partial charge in [-0.2, -0.15) is 0 Å². The molecule has 2 heterocycles. The van der Waals surface area contributed by atoms with Gasteiger partial charge in [0.05, 0.1) is 29.3 Å². The molecule has 1 aromatic heterocycles. The topological polar surface area (TPSA) is 97.6 Å². The minimum absolute atomic E-state index is 0.192. The van der Waals surface area contributed by atoms with E-state index in [1.165, 1.54) is 12.3 Å². The number of nitro groups is 1. The first-order chi connectivity index (χ1) is 12.5. The molecule has 1 fully saturated rings. The molecule has 1 aromatic carbocycles. The van der Waals surface area contributed by atoms with Crippen molar-refractivity contribution in [3.8, 4) is 5.75 Å². The Hall–Kier alpha value is -3.00. The number of piperazine rings is 1. The Morgan fingerprint density at radius 3 is 2.92 bits per heavy atom. The van der Waals surface area contributed by atoms with Gasteiger partial charge in [0.25, 0.3) is 11.6 Å². The second kappa shape index (κ2) is 7.49. The van der Waals surface area contributed by atoms with E-state index in [9.17, 15) is 14.9 Å². The van der Waals surface area contributed by atoms with E-state index in [-0.39, 0.29) is 23.2 Å². The molecule has 1 N–H and O–H groups in total. The Labute approximate surface area is 150 Å². The monoisotopic (exact) mass is 356 g/mol. The van der Waals surface area contributed by atoms with Crippen molar-refractivity contribution in [2.24, 2.45) is 0 Å². The molecule has 0 aliphatic carbocycles. The van der Waals surface area contributed by atoms with E-state index in [1.54, 1.807) is 18.9 Å². The van der Waals surface area contributed by atoms with Crippen molar-refractivity contribution in [3.63, 3.8) is 0 Å². The van der Waals surface area contributed by atoms with Crippen molar-refractivity contribution in [3.05, 3.63) is 63.5 Å². The number of para-hydroxylation sites is 1. The highest BCUT2D eigenvalue weighted by Crippen LogP contribution is 2.31. The summed E-state index contributed by atoms with van der Waals surface area (Å²) in [7, 11) is 1.59. The van der Waals surface area contributed by atoms with E-state index in [0.29, 0.717) is 31.1 Å².